The smallest absolute Gasteiger partial charge is 0.391 e. The zero-order chi connectivity index (χ0) is 14.6. The minimum Gasteiger partial charge on any atom is -0.497 e. The van der Waals surface area contributed by atoms with Crippen molar-refractivity contribution in [2.45, 2.75) is 44.4 Å². The van der Waals surface area contributed by atoms with E-state index in [1.165, 1.54) is 0 Å². The number of alkyl halides is 3. The van der Waals surface area contributed by atoms with Gasteiger partial charge in [0.1, 0.15) is 5.75 Å². The standard InChI is InChI=1S/C15H20F3NO/c1-20-14-7-2-4-11(8-14)10-19-13-6-3-5-12(9-13)15(16,17)18/h2,4,7-8,12-13,19H,3,5-6,9-10H2,1H3. The number of hydrogen-bond donors (Lipinski definition) is 1. The third-order valence-corrected chi connectivity index (χ3v) is 3.87. The predicted molar refractivity (Wildman–Crippen MR) is 71.6 cm³/mol. The first-order valence-corrected chi connectivity index (χ1v) is 6.92. The number of halogens is 3. The Kier molecular flexibility index (Phi) is 4.91. The second-order valence-electron chi connectivity index (χ2n) is 5.33. The summed E-state index contributed by atoms with van der Waals surface area (Å²) in [6, 6.07) is 7.52. The molecule has 1 fully saturated rings. The van der Waals surface area contributed by atoms with E-state index in [0.29, 0.717) is 13.0 Å². The summed E-state index contributed by atoms with van der Waals surface area (Å²) in [5, 5.41) is 3.24. The molecule has 2 nitrogen and oxygen atoms in total. The molecule has 0 aliphatic heterocycles. The maximum atomic E-state index is 12.7. The summed E-state index contributed by atoms with van der Waals surface area (Å²) in [6.45, 7) is 0.576. The summed E-state index contributed by atoms with van der Waals surface area (Å²) in [7, 11) is 1.60. The highest BCUT2D eigenvalue weighted by Gasteiger charge is 2.41. The lowest BCUT2D eigenvalue weighted by atomic mass is 9.85. The van der Waals surface area contributed by atoms with Crippen LogP contribution in [-0.4, -0.2) is 19.3 Å². The quantitative estimate of drug-likeness (QED) is 0.906. The highest BCUT2D eigenvalue weighted by atomic mass is 19.4. The Morgan fingerprint density at radius 3 is 2.80 bits per heavy atom. The Balaban J connectivity index is 1.87. The summed E-state index contributed by atoms with van der Waals surface area (Å²) in [4.78, 5) is 0. The van der Waals surface area contributed by atoms with Crippen LogP contribution in [0.1, 0.15) is 31.2 Å². The number of rotatable bonds is 4. The van der Waals surface area contributed by atoms with E-state index >= 15 is 0 Å². The lowest BCUT2D eigenvalue weighted by molar-refractivity contribution is -0.183. The van der Waals surface area contributed by atoms with Gasteiger partial charge in [0.05, 0.1) is 13.0 Å². The summed E-state index contributed by atoms with van der Waals surface area (Å²) < 4.78 is 43.3. The first-order chi connectivity index (χ1) is 9.49. The fraction of sp³-hybridized carbons (Fsp3) is 0.600. The second kappa shape index (κ2) is 6.48. The van der Waals surface area contributed by atoms with Gasteiger partial charge in [0.2, 0.25) is 0 Å². The molecule has 0 radical (unpaired) electrons. The van der Waals surface area contributed by atoms with Gasteiger partial charge in [0.25, 0.3) is 0 Å². The van der Waals surface area contributed by atoms with E-state index in [1.807, 2.05) is 24.3 Å². The molecule has 20 heavy (non-hydrogen) atoms. The first-order valence-electron chi connectivity index (χ1n) is 6.92. The fourth-order valence-electron chi connectivity index (χ4n) is 2.72. The molecule has 1 aliphatic rings. The van der Waals surface area contributed by atoms with Crippen molar-refractivity contribution in [3.8, 4) is 5.75 Å². The maximum Gasteiger partial charge on any atom is 0.391 e. The highest BCUT2D eigenvalue weighted by Crippen LogP contribution is 2.37. The third-order valence-electron chi connectivity index (χ3n) is 3.87. The minimum atomic E-state index is -4.06. The third kappa shape index (κ3) is 4.13. The molecular weight excluding hydrogens is 267 g/mol. The van der Waals surface area contributed by atoms with Crippen molar-refractivity contribution in [3.05, 3.63) is 29.8 Å². The Hall–Kier alpha value is -1.23. The van der Waals surface area contributed by atoms with Gasteiger partial charge in [0, 0.05) is 12.6 Å². The SMILES string of the molecule is COc1cccc(CNC2CCCC(C(F)(F)F)C2)c1. The number of benzene rings is 1. The summed E-state index contributed by atoms with van der Waals surface area (Å²) in [5.41, 5.74) is 1.03. The molecule has 2 rings (SSSR count). The number of methoxy groups -OCH3 is 1. The second-order valence-corrected chi connectivity index (χ2v) is 5.33. The van der Waals surface area contributed by atoms with Crippen LogP contribution in [0.5, 0.6) is 5.75 Å². The average Bonchev–Trinajstić information content (AvgIpc) is 2.45. The monoisotopic (exact) mass is 287 g/mol. The van der Waals surface area contributed by atoms with Crippen molar-refractivity contribution in [1.82, 2.24) is 5.32 Å². The molecule has 5 heteroatoms. The van der Waals surface area contributed by atoms with Crippen LogP contribution in [-0.2, 0) is 6.54 Å². The number of nitrogens with one attached hydrogen (secondary N) is 1. The predicted octanol–water partition coefficient (Wildman–Crippen LogP) is 3.91. The summed E-state index contributed by atoms with van der Waals surface area (Å²) >= 11 is 0. The molecule has 1 aromatic carbocycles. The zero-order valence-electron chi connectivity index (χ0n) is 11.5. The molecule has 1 aliphatic carbocycles. The van der Waals surface area contributed by atoms with E-state index in [4.69, 9.17) is 4.74 Å². The zero-order valence-corrected chi connectivity index (χ0v) is 11.5. The van der Waals surface area contributed by atoms with Crippen LogP contribution < -0.4 is 10.1 Å². The first kappa shape index (κ1) is 15.2. The van der Waals surface area contributed by atoms with Gasteiger partial charge in [-0.15, -0.1) is 0 Å². The molecule has 0 aromatic heterocycles. The molecule has 0 heterocycles. The molecule has 1 N–H and O–H groups in total. The van der Waals surface area contributed by atoms with Gasteiger partial charge in [-0.25, -0.2) is 0 Å². The van der Waals surface area contributed by atoms with Gasteiger partial charge in [-0.2, -0.15) is 13.2 Å². The molecule has 112 valence electrons. The molecule has 0 spiro atoms. The van der Waals surface area contributed by atoms with Crippen molar-refractivity contribution in [2.24, 2.45) is 5.92 Å². The lowest BCUT2D eigenvalue weighted by Crippen LogP contribution is -2.38. The number of hydrogen-bond acceptors (Lipinski definition) is 2. The van der Waals surface area contributed by atoms with Crippen LogP contribution in [0.25, 0.3) is 0 Å². The van der Waals surface area contributed by atoms with Crippen molar-refractivity contribution in [1.29, 1.82) is 0 Å². The highest BCUT2D eigenvalue weighted by molar-refractivity contribution is 5.28. The van der Waals surface area contributed by atoms with E-state index in [1.54, 1.807) is 7.11 Å². The van der Waals surface area contributed by atoms with Gasteiger partial charge in [-0.1, -0.05) is 18.6 Å². The van der Waals surface area contributed by atoms with Crippen LogP contribution in [0.3, 0.4) is 0 Å². The Morgan fingerprint density at radius 1 is 1.30 bits per heavy atom. The Morgan fingerprint density at radius 2 is 2.10 bits per heavy atom. The largest absolute Gasteiger partial charge is 0.497 e. The Bertz CT molecular complexity index is 433. The van der Waals surface area contributed by atoms with Crippen molar-refractivity contribution >= 4 is 0 Å². The molecule has 2 unspecified atom stereocenters. The average molecular weight is 287 g/mol. The van der Waals surface area contributed by atoms with Gasteiger partial charge >= 0.3 is 6.18 Å². The maximum absolute atomic E-state index is 12.7. The van der Waals surface area contributed by atoms with E-state index in [-0.39, 0.29) is 18.9 Å². The normalized spacial score (nSPS) is 23.6. The van der Waals surface area contributed by atoms with E-state index in [0.717, 1.165) is 17.7 Å². The minimum absolute atomic E-state index is 0.0541. The van der Waals surface area contributed by atoms with Crippen molar-refractivity contribution in [3.63, 3.8) is 0 Å². The van der Waals surface area contributed by atoms with Crippen molar-refractivity contribution < 1.29 is 17.9 Å². The van der Waals surface area contributed by atoms with Gasteiger partial charge in [0.15, 0.2) is 0 Å². The van der Waals surface area contributed by atoms with Gasteiger partial charge in [-0.3, -0.25) is 0 Å². The van der Waals surface area contributed by atoms with Crippen molar-refractivity contribution in [2.75, 3.05) is 7.11 Å². The van der Waals surface area contributed by atoms with Crippen LogP contribution in [0.15, 0.2) is 24.3 Å². The van der Waals surface area contributed by atoms with Crippen LogP contribution in [0.2, 0.25) is 0 Å². The molecule has 1 aromatic rings. The molecule has 0 bridgehead atoms. The summed E-state index contributed by atoms with van der Waals surface area (Å²) in [5.74, 6) is -0.389. The van der Waals surface area contributed by atoms with Gasteiger partial charge in [-0.05, 0) is 37.0 Å². The van der Waals surface area contributed by atoms with Crippen LogP contribution in [0, 0.1) is 5.92 Å². The van der Waals surface area contributed by atoms with E-state index in [2.05, 4.69) is 5.32 Å². The van der Waals surface area contributed by atoms with E-state index in [9.17, 15) is 13.2 Å². The molecule has 0 saturated heterocycles. The molecule has 1 saturated carbocycles. The summed E-state index contributed by atoms with van der Waals surface area (Å²) in [6.07, 6.45) is -2.15. The van der Waals surface area contributed by atoms with E-state index < -0.39 is 12.1 Å². The van der Waals surface area contributed by atoms with Crippen LogP contribution in [0.4, 0.5) is 13.2 Å². The molecule has 0 amide bonds. The number of ether oxygens (including phenoxy) is 1. The Labute approximate surface area is 117 Å². The molecular formula is C15H20F3NO. The fourth-order valence-corrected chi connectivity index (χ4v) is 2.72. The van der Waals surface area contributed by atoms with Crippen LogP contribution >= 0.6 is 0 Å². The molecule has 2 atom stereocenters. The topological polar surface area (TPSA) is 21.3 Å². The van der Waals surface area contributed by atoms with Gasteiger partial charge < -0.3 is 10.1 Å². The lowest BCUT2D eigenvalue weighted by Gasteiger charge is -2.31.